The fraction of sp³-hybridized carbons (Fsp3) is 0.133. The molecule has 1 aromatic rings. The summed E-state index contributed by atoms with van der Waals surface area (Å²) in [5, 5.41) is 0. The Bertz CT molecular complexity index is 493. The van der Waals surface area contributed by atoms with E-state index in [4.69, 9.17) is 5.73 Å². The first-order chi connectivity index (χ1) is 8.08. The number of aromatic nitrogens is 1. The van der Waals surface area contributed by atoms with E-state index in [1.807, 2.05) is 38.1 Å². The van der Waals surface area contributed by atoms with Crippen LogP contribution in [0.3, 0.4) is 0 Å². The smallest absolute Gasteiger partial charge is 0.0858 e. The average Bonchev–Trinajstić information content (AvgIpc) is 2.35. The van der Waals surface area contributed by atoms with Gasteiger partial charge in [0.1, 0.15) is 0 Å². The van der Waals surface area contributed by atoms with Crippen molar-refractivity contribution in [1.82, 2.24) is 4.98 Å². The van der Waals surface area contributed by atoms with Crippen LogP contribution in [0.5, 0.6) is 0 Å². The molecule has 0 aliphatic carbocycles. The number of rotatable bonds is 4. The van der Waals surface area contributed by atoms with Crippen LogP contribution in [0.25, 0.3) is 11.3 Å². The van der Waals surface area contributed by atoms with Gasteiger partial charge in [0.25, 0.3) is 0 Å². The zero-order valence-corrected chi connectivity index (χ0v) is 10.4. The molecule has 0 aliphatic rings. The number of nitrogens with two attached hydrogens (primary N) is 1. The van der Waals surface area contributed by atoms with Gasteiger partial charge >= 0.3 is 0 Å². The molecule has 2 heteroatoms. The van der Waals surface area contributed by atoms with Gasteiger partial charge in [-0.3, -0.25) is 4.98 Å². The first kappa shape index (κ1) is 13.0. The Morgan fingerprint density at radius 1 is 1.47 bits per heavy atom. The van der Waals surface area contributed by atoms with Crippen molar-refractivity contribution in [2.75, 3.05) is 0 Å². The lowest BCUT2D eigenvalue weighted by Crippen LogP contribution is -1.97. The summed E-state index contributed by atoms with van der Waals surface area (Å²) in [5.74, 6) is 0. The van der Waals surface area contributed by atoms with Crippen molar-refractivity contribution in [1.29, 1.82) is 0 Å². The Kier molecular flexibility index (Phi) is 4.46. The number of allylic oxidation sites excluding steroid dienone is 5. The first-order valence-corrected chi connectivity index (χ1v) is 5.46. The SMILES string of the molecule is C=C/C(=C\C(C)=C/C)c1ccnc(C(=C)N)c1. The van der Waals surface area contributed by atoms with E-state index in [0.29, 0.717) is 11.4 Å². The molecule has 0 fully saturated rings. The molecule has 17 heavy (non-hydrogen) atoms. The van der Waals surface area contributed by atoms with Crippen LogP contribution in [0.2, 0.25) is 0 Å². The maximum atomic E-state index is 5.64. The highest BCUT2D eigenvalue weighted by molar-refractivity contribution is 5.76. The minimum absolute atomic E-state index is 0.470. The maximum absolute atomic E-state index is 5.64. The minimum atomic E-state index is 0.470. The van der Waals surface area contributed by atoms with E-state index in [9.17, 15) is 0 Å². The predicted octanol–water partition coefficient (Wildman–Crippen LogP) is 3.55. The third-order valence-electron chi connectivity index (χ3n) is 2.48. The summed E-state index contributed by atoms with van der Waals surface area (Å²) in [7, 11) is 0. The van der Waals surface area contributed by atoms with E-state index >= 15 is 0 Å². The molecule has 0 saturated carbocycles. The monoisotopic (exact) mass is 226 g/mol. The molecule has 88 valence electrons. The van der Waals surface area contributed by atoms with Crippen LogP contribution in [-0.4, -0.2) is 4.98 Å². The molecule has 0 spiro atoms. The summed E-state index contributed by atoms with van der Waals surface area (Å²) in [6, 6.07) is 3.85. The van der Waals surface area contributed by atoms with Crippen molar-refractivity contribution in [3.05, 3.63) is 66.5 Å². The predicted molar refractivity (Wildman–Crippen MR) is 75.1 cm³/mol. The molecule has 0 amide bonds. The van der Waals surface area contributed by atoms with Gasteiger partial charge in [0, 0.05) is 6.20 Å². The van der Waals surface area contributed by atoms with Crippen molar-refractivity contribution in [2.24, 2.45) is 5.73 Å². The maximum Gasteiger partial charge on any atom is 0.0858 e. The Balaban J connectivity index is 3.22. The molecule has 1 rings (SSSR count). The van der Waals surface area contributed by atoms with E-state index in [1.54, 1.807) is 6.20 Å². The zero-order valence-electron chi connectivity index (χ0n) is 10.4. The molecule has 1 heterocycles. The van der Waals surface area contributed by atoms with Gasteiger partial charge in [0.05, 0.1) is 11.4 Å². The van der Waals surface area contributed by atoms with Gasteiger partial charge in [-0.05, 0) is 37.1 Å². The summed E-state index contributed by atoms with van der Waals surface area (Å²) < 4.78 is 0. The van der Waals surface area contributed by atoms with Crippen LogP contribution in [0.4, 0.5) is 0 Å². The second-order valence-corrected chi connectivity index (χ2v) is 3.79. The number of hydrogen-bond acceptors (Lipinski definition) is 2. The summed E-state index contributed by atoms with van der Waals surface area (Å²) in [5.41, 5.74) is 10.1. The molecule has 0 aromatic carbocycles. The first-order valence-electron chi connectivity index (χ1n) is 5.46. The van der Waals surface area contributed by atoms with E-state index in [1.165, 1.54) is 5.57 Å². The largest absolute Gasteiger partial charge is 0.397 e. The van der Waals surface area contributed by atoms with Crippen molar-refractivity contribution >= 4 is 11.3 Å². The fourth-order valence-corrected chi connectivity index (χ4v) is 1.37. The van der Waals surface area contributed by atoms with Crippen LogP contribution < -0.4 is 5.73 Å². The number of nitrogens with zero attached hydrogens (tertiary/aromatic N) is 1. The molecule has 2 N–H and O–H groups in total. The number of pyridine rings is 1. The quantitative estimate of drug-likeness (QED) is 0.797. The lowest BCUT2D eigenvalue weighted by molar-refractivity contribution is 1.25. The van der Waals surface area contributed by atoms with Gasteiger partial charge in [0.15, 0.2) is 0 Å². The van der Waals surface area contributed by atoms with Crippen LogP contribution >= 0.6 is 0 Å². The Morgan fingerprint density at radius 2 is 2.18 bits per heavy atom. The summed E-state index contributed by atoms with van der Waals surface area (Å²) in [6.07, 6.45) is 7.68. The van der Waals surface area contributed by atoms with Crippen molar-refractivity contribution in [2.45, 2.75) is 13.8 Å². The Labute approximate surface area is 103 Å². The van der Waals surface area contributed by atoms with Gasteiger partial charge in [0.2, 0.25) is 0 Å². The van der Waals surface area contributed by atoms with Crippen LogP contribution in [0.1, 0.15) is 25.1 Å². The van der Waals surface area contributed by atoms with Crippen molar-refractivity contribution < 1.29 is 0 Å². The fourth-order valence-electron chi connectivity index (χ4n) is 1.37. The molecule has 0 aliphatic heterocycles. The second kappa shape index (κ2) is 5.85. The van der Waals surface area contributed by atoms with E-state index in [2.05, 4.69) is 24.2 Å². The highest BCUT2D eigenvalue weighted by Crippen LogP contribution is 2.19. The molecule has 0 bridgehead atoms. The number of hydrogen-bond donors (Lipinski definition) is 1. The second-order valence-electron chi connectivity index (χ2n) is 3.79. The third-order valence-corrected chi connectivity index (χ3v) is 2.48. The van der Waals surface area contributed by atoms with Crippen LogP contribution in [0.15, 0.2) is 55.3 Å². The highest BCUT2D eigenvalue weighted by Gasteiger charge is 2.01. The lowest BCUT2D eigenvalue weighted by atomic mass is 10.0. The molecule has 0 atom stereocenters. The van der Waals surface area contributed by atoms with Gasteiger partial charge in [-0.1, -0.05) is 37.0 Å². The molecule has 0 radical (unpaired) electrons. The Hall–Kier alpha value is -2.09. The Morgan fingerprint density at radius 3 is 2.71 bits per heavy atom. The van der Waals surface area contributed by atoms with Crippen LogP contribution in [-0.2, 0) is 0 Å². The van der Waals surface area contributed by atoms with Crippen molar-refractivity contribution in [3.63, 3.8) is 0 Å². The van der Waals surface area contributed by atoms with Crippen LogP contribution in [0, 0.1) is 0 Å². The van der Waals surface area contributed by atoms with Crippen molar-refractivity contribution in [3.8, 4) is 0 Å². The van der Waals surface area contributed by atoms with Gasteiger partial charge in [-0.2, -0.15) is 0 Å². The third kappa shape index (κ3) is 3.45. The standard InChI is InChI=1S/C15H18N2/c1-5-11(3)9-13(6-2)14-7-8-17-15(10-14)12(4)16/h5-10H,2,4,16H2,1,3H3/b11-5-,13-9+. The summed E-state index contributed by atoms with van der Waals surface area (Å²) >= 11 is 0. The summed E-state index contributed by atoms with van der Waals surface area (Å²) in [4.78, 5) is 4.15. The minimum Gasteiger partial charge on any atom is -0.397 e. The topological polar surface area (TPSA) is 38.9 Å². The van der Waals surface area contributed by atoms with E-state index in [-0.39, 0.29) is 0 Å². The molecule has 0 unspecified atom stereocenters. The molecule has 1 aromatic heterocycles. The molecular weight excluding hydrogens is 208 g/mol. The normalized spacial score (nSPS) is 12.4. The van der Waals surface area contributed by atoms with E-state index in [0.717, 1.165) is 11.1 Å². The average molecular weight is 226 g/mol. The summed E-state index contributed by atoms with van der Waals surface area (Å²) in [6.45, 7) is 11.6. The van der Waals surface area contributed by atoms with Gasteiger partial charge < -0.3 is 5.73 Å². The molecule has 2 nitrogen and oxygen atoms in total. The molecule has 0 saturated heterocycles. The van der Waals surface area contributed by atoms with Gasteiger partial charge in [-0.25, -0.2) is 0 Å². The van der Waals surface area contributed by atoms with Gasteiger partial charge in [-0.15, -0.1) is 0 Å². The lowest BCUT2D eigenvalue weighted by Gasteiger charge is -2.05. The molecular formula is C15H18N2. The zero-order chi connectivity index (χ0) is 12.8. The van der Waals surface area contributed by atoms with E-state index < -0.39 is 0 Å². The highest BCUT2D eigenvalue weighted by atomic mass is 14.7.